The van der Waals surface area contributed by atoms with Gasteiger partial charge in [-0.1, -0.05) is 42.5 Å². The molecule has 1 aromatic heterocycles. The molecule has 1 atom stereocenters. The highest BCUT2D eigenvalue weighted by molar-refractivity contribution is 7.15. The topological polar surface area (TPSA) is 69.7 Å². The molecule has 0 bridgehead atoms. The van der Waals surface area contributed by atoms with Crippen LogP contribution in [0.15, 0.2) is 66.7 Å². The van der Waals surface area contributed by atoms with Gasteiger partial charge in [-0.25, -0.2) is 9.78 Å². The average molecular weight is 613 g/mol. The maximum atomic E-state index is 13.1. The standard InChI is InChI=1S/C33H35F3N2O4S/c1-7-41-31(39)32(4,5)42-26-17-12-22(18-20(26)2)19-37-28(25-10-8-9-11-27(25)40-6)29-21(3)38-30(43-29)23-13-15-24(16-14-23)33(34,35)36/h8-18,28,37H,7,19H2,1-6H3. The number of rotatable bonds is 11. The van der Waals surface area contributed by atoms with E-state index in [-0.39, 0.29) is 12.6 Å². The van der Waals surface area contributed by atoms with Gasteiger partial charge in [0.1, 0.15) is 16.5 Å². The van der Waals surface area contributed by atoms with Crippen molar-refractivity contribution in [3.63, 3.8) is 0 Å². The predicted octanol–water partition coefficient (Wildman–Crippen LogP) is 8.05. The van der Waals surface area contributed by atoms with Crippen molar-refractivity contribution >= 4 is 17.3 Å². The second-order valence-corrected chi connectivity index (χ2v) is 11.6. The Morgan fingerprint density at radius 1 is 1.00 bits per heavy atom. The van der Waals surface area contributed by atoms with Gasteiger partial charge in [0, 0.05) is 22.5 Å². The molecule has 1 N–H and O–H groups in total. The lowest BCUT2D eigenvalue weighted by atomic mass is 10.0. The number of aryl methyl sites for hydroxylation is 2. The lowest BCUT2D eigenvalue weighted by Crippen LogP contribution is -2.39. The lowest BCUT2D eigenvalue weighted by molar-refractivity contribution is -0.158. The first-order valence-electron chi connectivity index (χ1n) is 13.8. The summed E-state index contributed by atoms with van der Waals surface area (Å²) in [5, 5.41) is 4.26. The van der Waals surface area contributed by atoms with Crippen molar-refractivity contribution in [3.8, 4) is 22.1 Å². The van der Waals surface area contributed by atoms with Crippen LogP contribution in [0, 0.1) is 13.8 Å². The Morgan fingerprint density at radius 3 is 2.33 bits per heavy atom. The summed E-state index contributed by atoms with van der Waals surface area (Å²) < 4.78 is 56.1. The number of alkyl halides is 3. The minimum atomic E-state index is -4.40. The molecule has 1 heterocycles. The highest BCUT2D eigenvalue weighted by Crippen LogP contribution is 2.39. The average Bonchev–Trinajstić information content (AvgIpc) is 3.35. The quantitative estimate of drug-likeness (QED) is 0.173. The van der Waals surface area contributed by atoms with E-state index in [9.17, 15) is 18.0 Å². The first-order valence-corrected chi connectivity index (χ1v) is 14.6. The Kier molecular flexibility index (Phi) is 9.82. The highest BCUT2D eigenvalue weighted by Gasteiger charge is 2.32. The Labute approximate surface area is 253 Å². The zero-order chi connectivity index (χ0) is 31.4. The monoisotopic (exact) mass is 612 g/mol. The molecule has 0 saturated carbocycles. The van der Waals surface area contributed by atoms with Gasteiger partial charge < -0.3 is 19.5 Å². The molecule has 0 aliphatic heterocycles. The SMILES string of the molecule is CCOC(=O)C(C)(C)Oc1ccc(CNC(c2ccccc2OC)c2sc(-c3ccc(C(F)(F)F)cc3)nc2C)cc1C. The number of para-hydroxylation sites is 1. The van der Waals surface area contributed by atoms with Crippen molar-refractivity contribution in [2.75, 3.05) is 13.7 Å². The summed E-state index contributed by atoms with van der Waals surface area (Å²) in [5.41, 5.74) is 2.31. The molecule has 0 aliphatic carbocycles. The second kappa shape index (κ2) is 13.2. The molecule has 0 aliphatic rings. The van der Waals surface area contributed by atoms with Crippen LogP contribution in [0.2, 0.25) is 0 Å². The van der Waals surface area contributed by atoms with Crippen LogP contribution in [-0.2, 0) is 22.3 Å². The van der Waals surface area contributed by atoms with E-state index in [1.165, 1.54) is 23.5 Å². The predicted molar refractivity (Wildman–Crippen MR) is 161 cm³/mol. The maximum Gasteiger partial charge on any atom is 0.416 e. The lowest BCUT2D eigenvalue weighted by Gasteiger charge is -2.25. The molecular weight excluding hydrogens is 577 g/mol. The summed E-state index contributed by atoms with van der Waals surface area (Å²) in [6, 6.07) is 18.2. The zero-order valence-electron chi connectivity index (χ0n) is 25.0. The van der Waals surface area contributed by atoms with E-state index >= 15 is 0 Å². The largest absolute Gasteiger partial charge is 0.496 e. The third-order valence-corrected chi connectivity index (χ3v) is 8.16. The number of carbonyl (C=O) groups excluding carboxylic acids is 1. The van der Waals surface area contributed by atoms with Crippen molar-refractivity contribution in [3.05, 3.63) is 99.6 Å². The molecule has 228 valence electrons. The number of hydrogen-bond acceptors (Lipinski definition) is 7. The van der Waals surface area contributed by atoms with Gasteiger partial charge in [0.15, 0.2) is 5.60 Å². The van der Waals surface area contributed by atoms with Crippen molar-refractivity contribution < 1.29 is 32.2 Å². The van der Waals surface area contributed by atoms with Crippen LogP contribution in [0.3, 0.4) is 0 Å². The number of halogens is 3. The molecule has 0 amide bonds. The summed E-state index contributed by atoms with van der Waals surface area (Å²) in [6.45, 7) is 9.67. The van der Waals surface area contributed by atoms with Gasteiger partial charge >= 0.3 is 12.1 Å². The van der Waals surface area contributed by atoms with Gasteiger partial charge in [-0.15, -0.1) is 11.3 Å². The molecule has 0 fully saturated rings. The third-order valence-electron chi connectivity index (χ3n) is 6.89. The van der Waals surface area contributed by atoms with E-state index < -0.39 is 23.3 Å². The first-order chi connectivity index (χ1) is 20.3. The normalized spacial score (nSPS) is 12.6. The number of thiazole rings is 1. The minimum absolute atomic E-state index is 0.271. The van der Waals surface area contributed by atoms with Crippen LogP contribution >= 0.6 is 11.3 Å². The number of nitrogens with one attached hydrogen (secondary N) is 1. The molecule has 0 spiro atoms. The molecule has 0 saturated heterocycles. The van der Waals surface area contributed by atoms with Gasteiger partial charge in [-0.05, 0) is 70.0 Å². The number of nitrogens with zero attached hydrogens (tertiary/aromatic N) is 1. The molecule has 6 nitrogen and oxygen atoms in total. The van der Waals surface area contributed by atoms with Crippen LogP contribution in [0.5, 0.6) is 11.5 Å². The van der Waals surface area contributed by atoms with Crippen LogP contribution < -0.4 is 14.8 Å². The van der Waals surface area contributed by atoms with Crippen molar-refractivity contribution in [2.45, 2.75) is 59.0 Å². The van der Waals surface area contributed by atoms with E-state index in [2.05, 4.69) is 5.32 Å². The fourth-order valence-electron chi connectivity index (χ4n) is 4.63. The number of methoxy groups -OCH3 is 1. The molecule has 4 rings (SSSR count). The number of benzene rings is 3. The summed E-state index contributed by atoms with van der Waals surface area (Å²) in [5.74, 6) is 0.850. The fraction of sp³-hybridized carbons (Fsp3) is 0.333. The Bertz CT molecular complexity index is 1570. The summed E-state index contributed by atoms with van der Waals surface area (Å²) in [6.07, 6.45) is -4.40. The second-order valence-electron chi connectivity index (χ2n) is 10.5. The Balaban J connectivity index is 1.62. The number of ether oxygens (including phenoxy) is 3. The van der Waals surface area contributed by atoms with Gasteiger partial charge in [0.05, 0.1) is 31.0 Å². The van der Waals surface area contributed by atoms with Gasteiger partial charge in [0.2, 0.25) is 0 Å². The maximum absolute atomic E-state index is 13.1. The van der Waals surface area contributed by atoms with E-state index in [1.54, 1.807) is 27.9 Å². The molecule has 4 aromatic rings. The molecule has 10 heteroatoms. The summed E-state index contributed by atoms with van der Waals surface area (Å²) in [4.78, 5) is 17.9. The van der Waals surface area contributed by atoms with Crippen molar-refractivity contribution in [1.29, 1.82) is 0 Å². The number of carbonyl (C=O) groups is 1. The van der Waals surface area contributed by atoms with Crippen LogP contribution in [0.1, 0.15) is 59.6 Å². The molecule has 1 unspecified atom stereocenters. The van der Waals surface area contributed by atoms with Crippen LogP contribution in [0.25, 0.3) is 10.6 Å². The summed E-state index contributed by atoms with van der Waals surface area (Å²) >= 11 is 1.43. The van der Waals surface area contributed by atoms with Crippen LogP contribution in [0.4, 0.5) is 13.2 Å². The van der Waals surface area contributed by atoms with Gasteiger partial charge in [0.25, 0.3) is 0 Å². The molecule has 3 aromatic carbocycles. The van der Waals surface area contributed by atoms with Crippen molar-refractivity contribution in [1.82, 2.24) is 10.3 Å². The smallest absolute Gasteiger partial charge is 0.416 e. The van der Waals surface area contributed by atoms with Gasteiger partial charge in [-0.2, -0.15) is 13.2 Å². The van der Waals surface area contributed by atoms with Gasteiger partial charge in [-0.3, -0.25) is 0 Å². The van der Waals surface area contributed by atoms with E-state index in [4.69, 9.17) is 19.2 Å². The van der Waals surface area contributed by atoms with Crippen LogP contribution in [-0.4, -0.2) is 30.3 Å². The molecular formula is C33H35F3N2O4S. The summed E-state index contributed by atoms with van der Waals surface area (Å²) in [7, 11) is 1.61. The van der Waals surface area contributed by atoms with E-state index in [0.29, 0.717) is 28.6 Å². The number of hydrogen-bond donors (Lipinski definition) is 1. The first kappa shape index (κ1) is 32.0. The highest BCUT2D eigenvalue weighted by atomic mass is 32.1. The van der Waals surface area contributed by atoms with E-state index in [0.717, 1.165) is 39.4 Å². The Hall–Kier alpha value is -3.89. The fourth-order valence-corrected chi connectivity index (χ4v) is 5.79. The number of aromatic nitrogens is 1. The van der Waals surface area contributed by atoms with E-state index in [1.807, 2.05) is 56.3 Å². The number of esters is 1. The third kappa shape index (κ3) is 7.55. The Morgan fingerprint density at radius 2 is 1.70 bits per heavy atom. The minimum Gasteiger partial charge on any atom is -0.496 e. The van der Waals surface area contributed by atoms with Crippen molar-refractivity contribution in [2.24, 2.45) is 0 Å². The zero-order valence-corrected chi connectivity index (χ0v) is 25.8. The molecule has 43 heavy (non-hydrogen) atoms. The molecule has 0 radical (unpaired) electrons.